The predicted molar refractivity (Wildman–Crippen MR) is 75.8 cm³/mol. The fourth-order valence-electron chi connectivity index (χ4n) is 2.00. The first-order valence-electron chi connectivity index (χ1n) is 6.61. The SMILES string of the molecule is CCCC(CCO)CNC(=O)C(C)c1cccs1. The van der Waals surface area contributed by atoms with Gasteiger partial charge in [-0.3, -0.25) is 4.79 Å². The van der Waals surface area contributed by atoms with E-state index in [-0.39, 0.29) is 18.4 Å². The van der Waals surface area contributed by atoms with Gasteiger partial charge in [0.25, 0.3) is 0 Å². The number of amides is 1. The fourth-order valence-corrected chi connectivity index (χ4v) is 2.79. The molecule has 4 heteroatoms. The summed E-state index contributed by atoms with van der Waals surface area (Å²) in [5.74, 6) is 0.386. The molecule has 0 aliphatic heterocycles. The highest BCUT2D eigenvalue weighted by atomic mass is 32.1. The molecule has 2 N–H and O–H groups in total. The highest BCUT2D eigenvalue weighted by Crippen LogP contribution is 2.20. The van der Waals surface area contributed by atoms with Crippen LogP contribution in [0.15, 0.2) is 17.5 Å². The lowest BCUT2D eigenvalue weighted by atomic mass is 10.00. The second-order valence-corrected chi connectivity index (χ2v) is 5.63. The Hall–Kier alpha value is -0.870. The van der Waals surface area contributed by atoms with E-state index in [9.17, 15) is 4.79 Å². The standard InChI is InChI=1S/C14H23NO2S/c1-3-5-12(7-8-16)10-15-14(17)11(2)13-6-4-9-18-13/h4,6,9,11-12,16H,3,5,7-8,10H2,1-2H3,(H,15,17). The number of nitrogens with one attached hydrogen (secondary N) is 1. The van der Waals surface area contributed by atoms with E-state index in [2.05, 4.69) is 12.2 Å². The molecule has 0 saturated carbocycles. The van der Waals surface area contributed by atoms with Crippen LogP contribution in [0.1, 0.15) is 43.9 Å². The first kappa shape index (κ1) is 15.2. The number of hydrogen-bond acceptors (Lipinski definition) is 3. The van der Waals surface area contributed by atoms with Gasteiger partial charge in [-0.1, -0.05) is 19.4 Å². The second kappa shape index (κ2) is 8.27. The van der Waals surface area contributed by atoms with E-state index in [0.717, 1.165) is 24.1 Å². The maximum absolute atomic E-state index is 12.0. The first-order valence-corrected chi connectivity index (χ1v) is 7.49. The molecule has 1 heterocycles. The molecule has 0 aromatic carbocycles. The lowest BCUT2D eigenvalue weighted by Crippen LogP contribution is -2.32. The van der Waals surface area contributed by atoms with E-state index >= 15 is 0 Å². The second-order valence-electron chi connectivity index (χ2n) is 4.65. The van der Waals surface area contributed by atoms with Crippen LogP contribution in [-0.2, 0) is 4.79 Å². The Balaban J connectivity index is 2.39. The Morgan fingerprint density at radius 1 is 1.50 bits per heavy atom. The van der Waals surface area contributed by atoms with Crippen molar-refractivity contribution in [3.63, 3.8) is 0 Å². The van der Waals surface area contributed by atoms with Crippen molar-refractivity contribution in [3.8, 4) is 0 Å². The van der Waals surface area contributed by atoms with Gasteiger partial charge in [0.15, 0.2) is 0 Å². The van der Waals surface area contributed by atoms with E-state index in [0.29, 0.717) is 12.5 Å². The van der Waals surface area contributed by atoms with Gasteiger partial charge in [-0.25, -0.2) is 0 Å². The fraction of sp³-hybridized carbons (Fsp3) is 0.643. The maximum atomic E-state index is 12.0. The Kier molecular flexibility index (Phi) is 6.98. The smallest absolute Gasteiger partial charge is 0.228 e. The van der Waals surface area contributed by atoms with Gasteiger partial charge in [-0.15, -0.1) is 11.3 Å². The molecule has 18 heavy (non-hydrogen) atoms. The van der Waals surface area contributed by atoms with Crippen LogP contribution in [0, 0.1) is 5.92 Å². The van der Waals surface area contributed by atoms with Crippen LogP contribution in [0.3, 0.4) is 0 Å². The third kappa shape index (κ3) is 4.78. The minimum atomic E-state index is -0.0820. The summed E-state index contributed by atoms with van der Waals surface area (Å²) in [5.41, 5.74) is 0. The van der Waals surface area contributed by atoms with Crippen LogP contribution in [0.4, 0.5) is 0 Å². The van der Waals surface area contributed by atoms with Crippen molar-refractivity contribution in [2.24, 2.45) is 5.92 Å². The largest absolute Gasteiger partial charge is 0.396 e. The van der Waals surface area contributed by atoms with Crippen LogP contribution in [0.25, 0.3) is 0 Å². The van der Waals surface area contributed by atoms with Crippen molar-refractivity contribution in [3.05, 3.63) is 22.4 Å². The zero-order valence-electron chi connectivity index (χ0n) is 11.2. The quantitative estimate of drug-likeness (QED) is 0.762. The molecule has 2 unspecified atom stereocenters. The Morgan fingerprint density at radius 2 is 2.28 bits per heavy atom. The van der Waals surface area contributed by atoms with E-state index in [1.807, 2.05) is 24.4 Å². The molecule has 1 aromatic heterocycles. The summed E-state index contributed by atoms with van der Waals surface area (Å²) in [7, 11) is 0. The molecule has 0 bridgehead atoms. The molecular weight excluding hydrogens is 246 g/mol. The Morgan fingerprint density at radius 3 is 2.83 bits per heavy atom. The summed E-state index contributed by atoms with van der Waals surface area (Å²) < 4.78 is 0. The monoisotopic (exact) mass is 269 g/mol. The van der Waals surface area contributed by atoms with Crippen molar-refractivity contribution in [2.75, 3.05) is 13.2 Å². The average Bonchev–Trinajstić information content (AvgIpc) is 2.89. The molecule has 0 aliphatic carbocycles. The summed E-state index contributed by atoms with van der Waals surface area (Å²) in [4.78, 5) is 13.1. The zero-order chi connectivity index (χ0) is 13.4. The summed E-state index contributed by atoms with van der Waals surface area (Å²) in [6.45, 7) is 4.92. The number of aliphatic hydroxyl groups excluding tert-OH is 1. The summed E-state index contributed by atoms with van der Waals surface area (Å²) >= 11 is 1.61. The number of thiophene rings is 1. The first-order chi connectivity index (χ1) is 8.69. The number of rotatable bonds is 8. The Bertz CT molecular complexity index is 332. The van der Waals surface area contributed by atoms with Crippen molar-refractivity contribution in [1.82, 2.24) is 5.32 Å². The van der Waals surface area contributed by atoms with E-state index in [4.69, 9.17) is 5.11 Å². The number of hydrogen-bond donors (Lipinski definition) is 2. The molecule has 0 aliphatic rings. The third-order valence-corrected chi connectivity index (χ3v) is 4.22. The molecule has 1 aromatic rings. The van der Waals surface area contributed by atoms with Crippen LogP contribution in [0.5, 0.6) is 0 Å². The average molecular weight is 269 g/mol. The minimum Gasteiger partial charge on any atom is -0.396 e. The summed E-state index contributed by atoms with van der Waals surface area (Å²) in [5, 5.41) is 14.0. The van der Waals surface area contributed by atoms with E-state index in [1.165, 1.54) is 0 Å². The number of carbonyl (C=O) groups is 1. The lowest BCUT2D eigenvalue weighted by molar-refractivity contribution is -0.122. The van der Waals surface area contributed by atoms with Crippen molar-refractivity contribution >= 4 is 17.2 Å². The minimum absolute atomic E-state index is 0.0801. The van der Waals surface area contributed by atoms with Gasteiger partial charge < -0.3 is 10.4 Å². The Labute approximate surface area is 113 Å². The van der Waals surface area contributed by atoms with Crippen LogP contribution in [0.2, 0.25) is 0 Å². The van der Waals surface area contributed by atoms with Gasteiger partial charge >= 0.3 is 0 Å². The molecule has 0 spiro atoms. The van der Waals surface area contributed by atoms with E-state index < -0.39 is 0 Å². The van der Waals surface area contributed by atoms with Crippen LogP contribution < -0.4 is 5.32 Å². The van der Waals surface area contributed by atoms with Crippen LogP contribution >= 0.6 is 11.3 Å². The predicted octanol–water partition coefficient (Wildman–Crippen LogP) is 2.77. The number of carbonyl (C=O) groups excluding carboxylic acids is 1. The molecule has 1 amide bonds. The number of aliphatic hydroxyl groups is 1. The van der Waals surface area contributed by atoms with Crippen LogP contribution in [-0.4, -0.2) is 24.2 Å². The topological polar surface area (TPSA) is 49.3 Å². The normalized spacial score (nSPS) is 14.2. The van der Waals surface area contributed by atoms with Gasteiger partial charge in [0.05, 0.1) is 5.92 Å². The van der Waals surface area contributed by atoms with Gasteiger partial charge in [0.1, 0.15) is 0 Å². The molecule has 1 rings (SSSR count). The maximum Gasteiger partial charge on any atom is 0.228 e. The highest BCUT2D eigenvalue weighted by Gasteiger charge is 2.17. The molecule has 2 atom stereocenters. The lowest BCUT2D eigenvalue weighted by Gasteiger charge is -2.17. The van der Waals surface area contributed by atoms with Gasteiger partial charge in [-0.05, 0) is 37.1 Å². The molecular formula is C14H23NO2S. The summed E-state index contributed by atoms with van der Waals surface area (Å²) in [6.07, 6.45) is 2.90. The molecule has 3 nitrogen and oxygen atoms in total. The zero-order valence-corrected chi connectivity index (χ0v) is 12.0. The molecule has 0 radical (unpaired) electrons. The molecule has 0 saturated heterocycles. The van der Waals surface area contributed by atoms with Gasteiger partial charge in [0, 0.05) is 18.0 Å². The third-order valence-electron chi connectivity index (χ3n) is 3.16. The van der Waals surface area contributed by atoms with Gasteiger partial charge in [0.2, 0.25) is 5.91 Å². The summed E-state index contributed by atoms with van der Waals surface area (Å²) in [6, 6.07) is 3.96. The van der Waals surface area contributed by atoms with Crippen molar-refractivity contribution in [1.29, 1.82) is 0 Å². The highest BCUT2D eigenvalue weighted by molar-refractivity contribution is 7.10. The molecule has 102 valence electrons. The van der Waals surface area contributed by atoms with Crippen molar-refractivity contribution < 1.29 is 9.90 Å². The van der Waals surface area contributed by atoms with Gasteiger partial charge in [-0.2, -0.15) is 0 Å². The van der Waals surface area contributed by atoms with Crippen molar-refractivity contribution in [2.45, 2.75) is 39.0 Å². The van der Waals surface area contributed by atoms with E-state index in [1.54, 1.807) is 11.3 Å². The molecule has 0 fully saturated rings.